The second kappa shape index (κ2) is 7.38. The Morgan fingerprint density at radius 1 is 1.00 bits per heavy atom. The molecule has 1 aromatic rings. The van der Waals surface area contributed by atoms with Crippen LogP contribution in [0, 0.1) is 11.3 Å². The summed E-state index contributed by atoms with van der Waals surface area (Å²) < 4.78 is 0. The van der Waals surface area contributed by atoms with Gasteiger partial charge in [0.15, 0.2) is 0 Å². The van der Waals surface area contributed by atoms with Crippen molar-refractivity contribution >= 4 is 0 Å². The van der Waals surface area contributed by atoms with Gasteiger partial charge in [0.2, 0.25) is 0 Å². The zero-order chi connectivity index (χ0) is 16.3. The topological polar surface area (TPSA) is 12.0 Å². The van der Waals surface area contributed by atoms with Crippen molar-refractivity contribution in [1.82, 2.24) is 5.32 Å². The van der Waals surface area contributed by atoms with Crippen LogP contribution in [0.25, 0.3) is 0 Å². The molecule has 2 aliphatic rings. The van der Waals surface area contributed by atoms with Crippen molar-refractivity contribution in [1.29, 1.82) is 0 Å². The highest BCUT2D eigenvalue weighted by Crippen LogP contribution is 2.43. The number of rotatable bonds is 3. The largest absolute Gasteiger partial charge is 0.314 e. The zero-order valence-corrected chi connectivity index (χ0v) is 15.4. The van der Waals surface area contributed by atoms with Gasteiger partial charge < -0.3 is 5.32 Å². The summed E-state index contributed by atoms with van der Waals surface area (Å²) in [5.41, 5.74) is 3.63. The molecule has 1 nitrogen and oxygen atoms in total. The van der Waals surface area contributed by atoms with Gasteiger partial charge in [0, 0.05) is 6.04 Å². The Labute approximate surface area is 143 Å². The van der Waals surface area contributed by atoms with Crippen LogP contribution in [0.15, 0.2) is 24.3 Å². The number of nitrogens with one attached hydrogen (secondary N) is 1. The maximum absolute atomic E-state index is 3.69. The minimum atomic E-state index is 0.486. The highest BCUT2D eigenvalue weighted by molar-refractivity contribution is 5.27. The average Bonchev–Trinajstić information content (AvgIpc) is 2.55. The molecule has 1 heterocycles. The van der Waals surface area contributed by atoms with Gasteiger partial charge in [-0.05, 0) is 79.9 Å². The van der Waals surface area contributed by atoms with E-state index in [1.165, 1.54) is 57.9 Å². The van der Waals surface area contributed by atoms with Crippen LogP contribution in [0.3, 0.4) is 0 Å². The molecule has 3 rings (SSSR count). The van der Waals surface area contributed by atoms with E-state index in [4.69, 9.17) is 0 Å². The van der Waals surface area contributed by atoms with Crippen LogP contribution in [-0.4, -0.2) is 12.6 Å². The maximum atomic E-state index is 3.69. The molecule has 1 aromatic carbocycles. The summed E-state index contributed by atoms with van der Waals surface area (Å²) >= 11 is 0. The van der Waals surface area contributed by atoms with E-state index in [2.05, 4.69) is 50.4 Å². The third-order valence-electron chi connectivity index (χ3n) is 6.27. The lowest BCUT2D eigenvalue weighted by atomic mass is 9.68. The average molecular weight is 314 g/mol. The van der Waals surface area contributed by atoms with Crippen molar-refractivity contribution in [2.24, 2.45) is 11.3 Å². The third-order valence-corrected chi connectivity index (χ3v) is 6.27. The van der Waals surface area contributed by atoms with Gasteiger partial charge in [-0.15, -0.1) is 0 Å². The summed E-state index contributed by atoms with van der Waals surface area (Å²) in [7, 11) is 0. The Hall–Kier alpha value is -0.820. The first kappa shape index (κ1) is 17.0. The van der Waals surface area contributed by atoms with Crippen LogP contribution in [0.1, 0.15) is 82.8 Å². The fraction of sp³-hybridized carbons (Fsp3) is 0.727. The highest BCUT2D eigenvalue weighted by Gasteiger charge is 2.30. The molecular formula is C22H35N. The van der Waals surface area contributed by atoms with Crippen LogP contribution in [-0.2, 0) is 6.42 Å². The van der Waals surface area contributed by atoms with Crippen LogP contribution in [0.4, 0.5) is 0 Å². The van der Waals surface area contributed by atoms with Crippen LogP contribution < -0.4 is 5.32 Å². The molecular weight excluding hydrogens is 278 g/mol. The summed E-state index contributed by atoms with van der Waals surface area (Å²) in [4.78, 5) is 0. The van der Waals surface area contributed by atoms with E-state index < -0.39 is 0 Å². The first-order chi connectivity index (χ1) is 11.0. The van der Waals surface area contributed by atoms with Crippen molar-refractivity contribution in [3.63, 3.8) is 0 Å². The Morgan fingerprint density at radius 2 is 1.78 bits per heavy atom. The van der Waals surface area contributed by atoms with Gasteiger partial charge in [-0.1, -0.05) is 51.5 Å². The molecule has 1 N–H and O–H groups in total. The predicted molar refractivity (Wildman–Crippen MR) is 99.9 cm³/mol. The maximum Gasteiger partial charge on any atom is 0.0107 e. The number of benzene rings is 1. The molecule has 1 saturated carbocycles. The van der Waals surface area contributed by atoms with Crippen molar-refractivity contribution < 1.29 is 0 Å². The van der Waals surface area contributed by atoms with Crippen molar-refractivity contribution in [3.05, 3.63) is 35.4 Å². The lowest BCUT2D eigenvalue weighted by Gasteiger charge is -2.37. The molecule has 1 atom stereocenters. The normalized spacial score (nSPS) is 29.4. The predicted octanol–water partition coefficient (Wildman–Crippen LogP) is 5.69. The molecule has 1 unspecified atom stereocenters. The smallest absolute Gasteiger partial charge is 0.0107 e. The quantitative estimate of drug-likeness (QED) is 0.755. The van der Waals surface area contributed by atoms with Gasteiger partial charge in [0.05, 0.1) is 0 Å². The molecule has 1 heteroatoms. The van der Waals surface area contributed by atoms with E-state index >= 15 is 0 Å². The molecule has 1 aliphatic carbocycles. The Balaban J connectivity index is 1.59. The summed E-state index contributed by atoms with van der Waals surface area (Å²) in [6.45, 7) is 8.45. The Kier molecular flexibility index (Phi) is 5.46. The molecule has 1 saturated heterocycles. The molecule has 2 fully saturated rings. The van der Waals surface area contributed by atoms with Crippen molar-refractivity contribution in [3.8, 4) is 0 Å². The summed E-state index contributed by atoms with van der Waals surface area (Å²) in [5, 5.41) is 3.69. The fourth-order valence-electron chi connectivity index (χ4n) is 4.65. The zero-order valence-electron chi connectivity index (χ0n) is 15.4. The lowest BCUT2D eigenvalue weighted by molar-refractivity contribution is 0.169. The lowest BCUT2D eigenvalue weighted by Crippen LogP contribution is -2.35. The molecule has 0 bridgehead atoms. The Bertz CT molecular complexity index is 485. The van der Waals surface area contributed by atoms with Crippen molar-refractivity contribution in [2.45, 2.75) is 84.1 Å². The van der Waals surface area contributed by atoms with E-state index in [0.29, 0.717) is 11.5 Å². The van der Waals surface area contributed by atoms with Gasteiger partial charge in [-0.25, -0.2) is 0 Å². The van der Waals surface area contributed by atoms with Crippen LogP contribution in [0.5, 0.6) is 0 Å². The number of hydrogen-bond donors (Lipinski definition) is 1. The summed E-state index contributed by atoms with van der Waals surface area (Å²) in [6.07, 6.45) is 10.9. The van der Waals surface area contributed by atoms with Crippen LogP contribution >= 0.6 is 0 Å². The van der Waals surface area contributed by atoms with E-state index in [0.717, 1.165) is 11.8 Å². The standard InChI is InChI=1S/C22H35N/c1-22(2,3)20-12-10-18(11-13-20)19-8-6-7-17(15-19)16-21-9-4-5-14-23-21/h6-8,15,18,20-21,23H,4-5,9-14,16H2,1-3H3. The second-order valence-electron chi connectivity index (χ2n) is 9.01. The molecule has 23 heavy (non-hydrogen) atoms. The van der Waals surface area contributed by atoms with Gasteiger partial charge in [0.25, 0.3) is 0 Å². The first-order valence-electron chi connectivity index (χ1n) is 9.84. The third kappa shape index (κ3) is 4.59. The summed E-state index contributed by atoms with van der Waals surface area (Å²) in [6, 6.07) is 10.2. The van der Waals surface area contributed by atoms with E-state index in [9.17, 15) is 0 Å². The fourth-order valence-corrected chi connectivity index (χ4v) is 4.65. The Morgan fingerprint density at radius 3 is 2.43 bits per heavy atom. The molecule has 0 aromatic heterocycles. The van der Waals surface area contributed by atoms with E-state index in [-0.39, 0.29) is 0 Å². The summed E-state index contributed by atoms with van der Waals surface area (Å²) in [5.74, 6) is 1.71. The molecule has 1 aliphatic heterocycles. The molecule has 128 valence electrons. The van der Waals surface area contributed by atoms with Gasteiger partial charge in [-0.3, -0.25) is 0 Å². The highest BCUT2D eigenvalue weighted by atomic mass is 14.9. The monoisotopic (exact) mass is 313 g/mol. The molecule has 0 spiro atoms. The number of hydrogen-bond acceptors (Lipinski definition) is 1. The van der Waals surface area contributed by atoms with Crippen LogP contribution in [0.2, 0.25) is 0 Å². The SMILES string of the molecule is CC(C)(C)C1CCC(c2cccc(CC3CCCCN3)c2)CC1. The van der Waals surface area contributed by atoms with E-state index in [1.807, 2.05) is 0 Å². The van der Waals surface area contributed by atoms with Crippen molar-refractivity contribution in [2.75, 3.05) is 6.54 Å². The van der Waals surface area contributed by atoms with Gasteiger partial charge in [0.1, 0.15) is 0 Å². The molecule has 0 radical (unpaired) electrons. The van der Waals surface area contributed by atoms with E-state index in [1.54, 1.807) is 11.1 Å². The number of piperidine rings is 1. The minimum Gasteiger partial charge on any atom is -0.314 e. The molecule has 0 amide bonds. The van der Waals surface area contributed by atoms with Gasteiger partial charge >= 0.3 is 0 Å². The second-order valence-corrected chi connectivity index (χ2v) is 9.01. The van der Waals surface area contributed by atoms with Gasteiger partial charge in [-0.2, -0.15) is 0 Å². The minimum absolute atomic E-state index is 0.486. The first-order valence-corrected chi connectivity index (χ1v) is 9.84.